The van der Waals surface area contributed by atoms with Gasteiger partial charge in [0, 0.05) is 40.8 Å². The van der Waals surface area contributed by atoms with Crippen molar-refractivity contribution >= 4 is 29.3 Å². The Balaban J connectivity index is 1.90. The lowest BCUT2D eigenvalue weighted by Crippen LogP contribution is -2.47. The number of hydrogen-bond acceptors (Lipinski definition) is 5. The molecule has 1 fully saturated rings. The number of rotatable bonds is 1. The normalized spacial score (nSPS) is 25.6. The van der Waals surface area contributed by atoms with E-state index in [1.165, 1.54) is 0 Å². The Bertz CT molecular complexity index is 677. The number of aromatic amines is 1. The molecule has 6 nitrogen and oxygen atoms in total. The fraction of sp³-hybridized carbons (Fsp3) is 0.333. The van der Waals surface area contributed by atoms with Gasteiger partial charge in [0.1, 0.15) is 5.65 Å². The van der Waals surface area contributed by atoms with Crippen LogP contribution in [0.1, 0.15) is 18.4 Å². The number of fused-ring (bicyclic) bond motifs is 3. The van der Waals surface area contributed by atoms with Gasteiger partial charge in [-0.1, -0.05) is 0 Å². The van der Waals surface area contributed by atoms with Crippen molar-refractivity contribution in [1.82, 2.24) is 9.97 Å². The zero-order valence-electron chi connectivity index (χ0n) is 10.2. The first-order valence-electron chi connectivity index (χ1n) is 6.37. The van der Waals surface area contributed by atoms with Crippen LogP contribution in [0.2, 0.25) is 0 Å². The van der Waals surface area contributed by atoms with Crippen LogP contribution in [-0.2, 0) is 4.76 Å². The van der Waals surface area contributed by atoms with Crippen LogP contribution in [0.4, 0.5) is 0 Å². The van der Waals surface area contributed by atoms with Crippen LogP contribution >= 0.6 is 0 Å². The largest absolute Gasteiger partial charge is 0.585 e. The van der Waals surface area contributed by atoms with Crippen LogP contribution < -0.4 is 11.2 Å². The zero-order chi connectivity index (χ0) is 13.0. The Hall–Kier alpha value is -1.86. The summed E-state index contributed by atoms with van der Waals surface area (Å²) in [4.78, 5) is 7.36. The average molecular weight is 256 g/mol. The van der Waals surface area contributed by atoms with E-state index in [2.05, 4.69) is 15.1 Å². The van der Waals surface area contributed by atoms with Crippen LogP contribution in [0, 0.1) is 5.92 Å². The van der Waals surface area contributed by atoms with Gasteiger partial charge in [0.2, 0.25) is 0 Å². The monoisotopic (exact) mass is 256 g/mol. The van der Waals surface area contributed by atoms with Crippen molar-refractivity contribution in [2.24, 2.45) is 16.8 Å². The molecule has 0 bridgehead atoms. The molecule has 96 valence electrons. The van der Waals surface area contributed by atoms with E-state index >= 15 is 0 Å². The lowest BCUT2D eigenvalue weighted by atomic mass is 9.69. The number of hydrogen-bond donors (Lipinski definition) is 3. The smallest absolute Gasteiger partial charge is 0.427 e. The molecule has 0 aromatic carbocycles. The highest BCUT2D eigenvalue weighted by Crippen LogP contribution is 2.32. The van der Waals surface area contributed by atoms with E-state index in [-0.39, 0.29) is 6.04 Å². The molecule has 0 amide bonds. The summed E-state index contributed by atoms with van der Waals surface area (Å²) in [6.07, 6.45) is 5.30. The predicted octanol–water partition coefficient (Wildman–Crippen LogP) is -0.278. The summed E-state index contributed by atoms with van der Waals surface area (Å²) in [6.45, 7) is 0. The highest BCUT2D eigenvalue weighted by atomic mass is 16.6. The Morgan fingerprint density at radius 2 is 2.32 bits per heavy atom. The number of pyridine rings is 1. The molecule has 2 aliphatic rings. The summed E-state index contributed by atoms with van der Waals surface area (Å²) in [7, 11) is -1.04. The van der Waals surface area contributed by atoms with Gasteiger partial charge < -0.3 is 20.5 Å². The van der Waals surface area contributed by atoms with E-state index in [1.807, 2.05) is 12.3 Å². The zero-order valence-corrected chi connectivity index (χ0v) is 10.2. The Morgan fingerprint density at radius 3 is 3.11 bits per heavy atom. The minimum atomic E-state index is -1.04. The average Bonchev–Trinajstić information content (AvgIpc) is 2.84. The van der Waals surface area contributed by atoms with Crippen LogP contribution in [-0.4, -0.2) is 33.9 Å². The number of nitrogens with zero attached hydrogens (tertiary/aromatic N) is 2. The van der Waals surface area contributed by atoms with E-state index < -0.39 is 7.12 Å². The SMILES string of the molecule is NC1CC(C2=NOB(O)c3cnc4[nH]ccc4c32)C1. The number of nitrogens with one attached hydrogen (secondary N) is 1. The fourth-order valence-electron chi connectivity index (χ4n) is 2.87. The lowest BCUT2D eigenvalue weighted by Gasteiger charge is -2.35. The standard InChI is InChI=1S/C12H13BN4O2/c14-7-3-6(4-7)11-10-8-1-2-15-12(8)16-5-9(10)13(18)19-17-11/h1-2,5-7,18H,3-4,14H2,(H,15,16). The second kappa shape index (κ2) is 3.82. The summed E-state index contributed by atoms with van der Waals surface area (Å²) >= 11 is 0. The van der Waals surface area contributed by atoms with Crippen molar-refractivity contribution in [2.75, 3.05) is 0 Å². The van der Waals surface area contributed by atoms with E-state index in [4.69, 9.17) is 10.5 Å². The third-order valence-corrected chi connectivity index (χ3v) is 3.95. The van der Waals surface area contributed by atoms with Crippen molar-refractivity contribution in [1.29, 1.82) is 0 Å². The molecule has 7 heteroatoms. The van der Waals surface area contributed by atoms with Crippen molar-refractivity contribution in [3.63, 3.8) is 0 Å². The Kier molecular flexibility index (Phi) is 2.21. The van der Waals surface area contributed by atoms with Crippen molar-refractivity contribution in [2.45, 2.75) is 18.9 Å². The van der Waals surface area contributed by atoms with E-state index in [1.54, 1.807) is 6.20 Å². The molecule has 2 aromatic heterocycles. The summed E-state index contributed by atoms with van der Waals surface area (Å²) in [5.74, 6) is 0.307. The van der Waals surface area contributed by atoms with Gasteiger partial charge in [0.05, 0.1) is 5.71 Å². The van der Waals surface area contributed by atoms with Gasteiger partial charge in [-0.25, -0.2) is 4.98 Å². The molecule has 0 spiro atoms. The molecular weight excluding hydrogens is 243 g/mol. The predicted molar refractivity (Wildman–Crippen MR) is 72.0 cm³/mol. The molecule has 1 aliphatic carbocycles. The second-order valence-electron chi connectivity index (χ2n) is 5.19. The number of H-pyrrole nitrogens is 1. The topological polar surface area (TPSA) is 96.5 Å². The maximum absolute atomic E-state index is 9.90. The van der Waals surface area contributed by atoms with Gasteiger partial charge in [0.25, 0.3) is 0 Å². The third kappa shape index (κ3) is 1.52. The minimum absolute atomic E-state index is 0.242. The van der Waals surface area contributed by atoms with Crippen LogP contribution in [0.15, 0.2) is 23.6 Å². The Labute approximate surface area is 109 Å². The molecule has 19 heavy (non-hydrogen) atoms. The van der Waals surface area contributed by atoms with Crippen molar-refractivity contribution in [3.8, 4) is 0 Å². The fourth-order valence-corrected chi connectivity index (χ4v) is 2.87. The van der Waals surface area contributed by atoms with Crippen LogP contribution in [0.3, 0.4) is 0 Å². The van der Waals surface area contributed by atoms with Gasteiger partial charge >= 0.3 is 7.12 Å². The first-order chi connectivity index (χ1) is 9.24. The summed E-state index contributed by atoms with van der Waals surface area (Å²) < 4.78 is 5.09. The number of aromatic nitrogens is 2. The maximum atomic E-state index is 9.90. The lowest BCUT2D eigenvalue weighted by molar-refractivity contribution is 0.271. The first kappa shape index (κ1) is 11.0. The third-order valence-electron chi connectivity index (χ3n) is 3.95. The first-order valence-corrected chi connectivity index (χ1v) is 6.37. The van der Waals surface area contributed by atoms with E-state index in [0.717, 1.165) is 35.2 Å². The van der Waals surface area contributed by atoms with Gasteiger partial charge in [-0.3, -0.25) is 0 Å². The molecule has 0 unspecified atom stereocenters. The van der Waals surface area contributed by atoms with Gasteiger partial charge in [0.15, 0.2) is 0 Å². The van der Waals surface area contributed by atoms with Crippen LogP contribution in [0.25, 0.3) is 11.0 Å². The highest BCUT2D eigenvalue weighted by Gasteiger charge is 2.38. The van der Waals surface area contributed by atoms with E-state index in [9.17, 15) is 5.02 Å². The molecule has 0 radical (unpaired) electrons. The molecule has 4 rings (SSSR count). The van der Waals surface area contributed by atoms with Gasteiger partial charge in [-0.2, -0.15) is 0 Å². The number of oxime groups is 1. The molecule has 0 atom stereocenters. The molecule has 2 aromatic rings. The highest BCUT2D eigenvalue weighted by molar-refractivity contribution is 6.63. The quantitative estimate of drug-likeness (QED) is 0.611. The van der Waals surface area contributed by atoms with Gasteiger partial charge in [-0.15, -0.1) is 5.16 Å². The van der Waals surface area contributed by atoms with Gasteiger partial charge in [-0.05, 0) is 18.9 Å². The summed E-state index contributed by atoms with van der Waals surface area (Å²) in [5.41, 5.74) is 9.16. The number of nitrogens with two attached hydrogens (primary N) is 1. The molecule has 4 N–H and O–H groups in total. The molecule has 0 saturated heterocycles. The molecule has 1 saturated carbocycles. The molecule has 1 aliphatic heterocycles. The maximum Gasteiger partial charge on any atom is 0.585 e. The van der Waals surface area contributed by atoms with Crippen molar-refractivity contribution in [3.05, 3.63) is 24.0 Å². The summed E-state index contributed by atoms with van der Waals surface area (Å²) in [6, 6.07) is 2.19. The van der Waals surface area contributed by atoms with Crippen molar-refractivity contribution < 1.29 is 9.78 Å². The molecular formula is C12H13BN4O2. The summed E-state index contributed by atoms with van der Waals surface area (Å²) in [5, 5.41) is 15.0. The molecule has 3 heterocycles. The minimum Gasteiger partial charge on any atom is -0.427 e. The van der Waals surface area contributed by atoms with E-state index in [0.29, 0.717) is 11.4 Å². The second-order valence-corrected chi connectivity index (χ2v) is 5.19. The Morgan fingerprint density at radius 1 is 1.47 bits per heavy atom. The van der Waals surface area contributed by atoms with Crippen LogP contribution in [0.5, 0.6) is 0 Å².